The first-order valence-electron chi connectivity index (χ1n) is 9.23. The van der Waals surface area contributed by atoms with Gasteiger partial charge in [0.15, 0.2) is 0 Å². The number of hydrogen-bond acceptors (Lipinski definition) is 2. The Labute approximate surface area is 145 Å². The Balaban J connectivity index is 1.76. The van der Waals surface area contributed by atoms with Crippen LogP contribution in [0.2, 0.25) is 0 Å². The van der Waals surface area contributed by atoms with Crippen LogP contribution in [0.15, 0.2) is 48.5 Å². The van der Waals surface area contributed by atoms with Crippen LogP contribution >= 0.6 is 0 Å². The number of fused-ring (bicyclic) bond motifs is 1. The highest BCUT2D eigenvalue weighted by Gasteiger charge is 2.40. The summed E-state index contributed by atoms with van der Waals surface area (Å²) in [6.45, 7) is 6.40. The average molecular weight is 321 g/mol. The molecule has 2 aliphatic rings. The second-order valence-electron chi connectivity index (χ2n) is 7.41. The number of ether oxygens (including phenoxy) is 1. The Hall–Kier alpha value is -1.64. The molecular formula is C22H27NO. The Kier molecular flexibility index (Phi) is 4.43. The van der Waals surface area contributed by atoms with Gasteiger partial charge < -0.3 is 4.74 Å². The van der Waals surface area contributed by atoms with Crippen LogP contribution in [0, 0.1) is 13.8 Å². The second kappa shape index (κ2) is 6.70. The minimum atomic E-state index is 0.126. The molecule has 2 heterocycles. The molecule has 0 aliphatic carbocycles. The van der Waals surface area contributed by atoms with E-state index in [9.17, 15) is 0 Å². The van der Waals surface area contributed by atoms with E-state index in [1.54, 1.807) is 0 Å². The molecule has 0 bridgehead atoms. The summed E-state index contributed by atoms with van der Waals surface area (Å²) in [4.78, 5) is 2.72. The van der Waals surface area contributed by atoms with Crippen molar-refractivity contribution in [3.8, 4) is 0 Å². The fraction of sp³-hybridized carbons (Fsp3) is 0.455. The Morgan fingerprint density at radius 2 is 1.62 bits per heavy atom. The number of benzene rings is 2. The third kappa shape index (κ3) is 3.01. The van der Waals surface area contributed by atoms with Crippen molar-refractivity contribution in [3.63, 3.8) is 0 Å². The van der Waals surface area contributed by atoms with Crippen LogP contribution < -0.4 is 0 Å². The minimum absolute atomic E-state index is 0.126. The lowest BCUT2D eigenvalue weighted by molar-refractivity contribution is -0.119. The van der Waals surface area contributed by atoms with Gasteiger partial charge in [-0.1, -0.05) is 66.1 Å². The van der Waals surface area contributed by atoms with Crippen LogP contribution in [0.5, 0.6) is 0 Å². The average Bonchev–Trinajstić information content (AvgIpc) is 2.60. The van der Waals surface area contributed by atoms with Crippen molar-refractivity contribution in [2.75, 3.05) is 13.2 Å². The lowest BCUT2D eigenvalue weighted by Gasteiger charge is -2.49. The zero-order valence-electron chi connectivity index (χ0n) is 14.7. The van der Waals surface area contributed by atoms with Gasteiger partial charge in [0.1, 0.15) is 6.10 Å². The molecule has 0 N–H and O–H groups in total. The number of rotatable bonds is 2. The molecule has 0 spiro atoms. The number of morpholine rings is 1. The summed E-state index contributed by atoms with van der Waals surface area (Å²) >= 11 is 0. The van der Waals surface area contributed by atoms with Gasteiger partial charge in [0.05, 0.1) is 12.6 Å². The number of piperidine rings is 1. The molecule has 0 aromatic heterocycles. The Morgan fingerprint density at radius 1 is 0.917 bits per heavy atom. The summed E-state index contributed by atoms with van der Waals surface area (Å²) in [6.07, 6.45) is 4.03. The third-order valence-corrected chi connectivity index (χ3v) is 5.54. The highest BCUT2D eigenvalue weighted by Crippen LogP contribution is 2.44. The van der Waals surface area contributed by atoms with Gasteiger partial charge >= 0.3 is 0 Å². The SMILES string of the molecule is Cc1cccc(C2OCC3CCCCN3C2c2cccc(C)c2)c1. The molecule has 2 aromatic rings. The first kappa shape index (κ1) is 15.9. The fourth-order valence-corrected chi connectivity index (χ4v) is 4.39. The molecule has 24 heavy (non-hydrogen) atoms. The van der Waals surface area contributed by atoms with E-state index in [0.717, 1.165) is 6.61 Å². The molecule has 2 heteroatoms. The third-order valence-electron chi connectivity index (χ3n) is 5.54. The molecule has 2 fully saturated rings. The lowest BCUT2D eigenvalue weighted by atomic mass is 9.87. The Bertz CT molecular complexity index is 711. The van der Waals surface area contributed by atoms with Crippen LogP contribution in [0.3, 0.4) is 0 Å². The van der Waals surface area contributed by atoms with E-state index in [1.807, 2.05) is 0 Å². The molecule has 2 aromatic carbocycles. The van der Waals surface area contributed by atoms with Crippen molar-refractivity contribution in [1.82, 2.24) is 4.90 Å². The van der Waals surface area contributed by atoms with Crippen molar-refractivity contribution in [1.29, 1.82) is 0 Å². The van der Waals surface area contributed by atoms with Crippen molar-refractivity contribution in [3.05, 3.63) is 70.8 Å². The van der Waals surface area contributed by atoms with Crippen LogP contribution in [0.25, 0.3) is 0 Å². The molecule has 0 saturated carbocycles. The Morgan fingerprint density at radius 3 is 2.38 bits per heavy atom. The zero-order valence-corrected chi connectivity index (χ0v) is 14.7. The maximum Gasteiger partial charge on any atom is 0.102 e. The van der Waals surface area contributed by atoms with Gasteiger partial charge in [0, 0.05) is 6.04 Å². The highest BCUT2D eigenvalue weighted by atomic mass is 16.5. The first-order chi connectivity index (χ1) is 11.7. The monoisotopic (exact) mass is 321 g/mol. The normalized spacial score (nSPS) is 27.7. The zero-order chi connectivity index (χ0) is 16.5. The summed E-state index contributed by atoms with van der Waals surface area (Å²) in [5, 5.41) is 0. The predicted octanol–water partition coefficient (Wildman–Crippen LogP) is 4.97. The number of aryl methyl sites for hydroxylation is 2. The molecule has 4 rings (SSSR count). The fourth-order valence-electron chi connectivity index (χ4n) is 4.39. The summed E-state index contributed by atoms with van der Waals surface area (Å²) < 4.78 is 6.45. The van der Waals surface area contributed by atoms with E-state index in [0.29, 0.717) is 12.1 Å². The van der Waals surface area contributed by atoms with E-state index >= 15 is 0 Å². The molecule has 0 radical (unpaired) electrons. The lowest BCUT2D eigenvalue weighted by Crippen LogP contribution is -2.50. The molecule has 126 valence electrons. The quantitative estimate of drug-likeness (QED) is 0.774. The molecule has 3 unspecified atom stereocenters. The van der Waals surface area contributed by atoms with Gasteiger partial charge in [-0.15, -0.1) is 0 Å². The van der Waals surface area contributed by atoms with Gasteiger partial charge in [-0.05, 0) is 44.4 Å². The number of hydrogen-bond donors (Lipinski definition) is 0. The largest absolute Gasteiger partial charge is 0.370 e. The van der Waals surface area contributed by atoms with Crippen LogP contribution in [0.4, 0.5) is 0 Å². The topological polar surface area (TPSA) is 12.5 Å². The number of nitrogens with zero attached hydrogens (tertiary/aromatic N) is 1. The van der Waals surface area contributed by atoms with Gasteiger partial charge in [0.2, 0.25) is 0 Å². The summed E-state index contributed by atoms with van der Waals surface area (Å²) in [6, 6.07) is 18.7. The van der Waals surface area contributed by atoms with E-state index in [-0.39, 0.29) is 6.10 Å². The standard InChI is InChI=1S/C22H27NO/c1-16-7-5-9-18(13-16)21-22(19-10-6-8-17(2)14-19)24-15-20-11-3-4-12-23(20)21/h5-10,13-14,20-22H,3-4,11-12,15H2,1-2H3. The molecule has 2 nitrogen and oxygen atoms in total. The maximum atomic E-state index is 6.45. The van der Waals surface area contributed by atoms with Crippen molar-refractivity contribution in [2.45, 2.75) is 51.3 Å². The van der Waals surface area contributed by atoms with Crippen LogP contribution in [-0.2, 0) is 4.74 Å². The summed E-state index contributed by atoms with van der Waals surface area (Å²) in [5.74, 6) is 0. The van der Waals surface area contributed by atoms with E-state index < -0.39 is 0 Å². The molecule has 3 atom stereocenters. The minimum Gasteiger partial charge on any atom is -0.370 e. The van der Waals surface area contributed by atoms with Crippen molar-refractivity contribution < 1.29 is 4.74 Å². The first-order valence-corrected chi connectivity index (χ1v) is 9.23. The molecule has 2 saturated heterocycles. The van der Waals surface area contributed by atoms with E-state index in [1.165, 1.54) is 48.1 Å². The van der Waals surface area contributed by atoms with E-state index in [4.69, 9.17) is 4.74 Å². The smallest absolute Gasteiger partial charge is 0.102 e. The molecule has 0 amide bonds. The van der Waals surface area contributed by atoms with Crippen LogP contribution in [0.1, 0.15) is 53.7 Å². The molecular weight excluding hydrogens is 294 g/mol. The predicted molar refractivity (Wildman–Crippen MR) is 98.1 cm³/mol. The highest BCUT2D eigenvalue weighted by molar-refractivity contribution is 5.32. The van der Waals surface area contributed by atoms with Crippen molar-refractivity contribution in [2.24, 2.45) is 0 Å². The van der Waals surface area contributed by atoms with E-state index in [2.05, 4.69) is 67.3 Å². The van der Waals surface area contributed by atoms with Gasteiger partial charge in [-0.25, -0.2) is 0 Å². The van der Waals surface area contributed by atoms with Crippen LogP contribution in [-0.4, -0.2) is 24.1 Å². The van der Waals surface area contributed by atoms with Gasteiger partial charge in [-0.3, -0.25) is 4.90 Å². The summed E-state index contributed by atoms with van der Waals surface area (Å²) in [7, 11) is 0. The molecule has 2 aliphatic heterocycles. The maximum absolute atomic E-state index is 6.45. The van der Waals surface area contributed by atoms with Gasteiger partial charge in [-0.2, -0.15) is 0 Å². The summed E-state index contributed by atoms with van der Waals surface area (Å²) in [5.41, 5.74) is 5.34. The van der Waals surface area contributed by atoms with Gasteiger partial charge in [0.25, 0.3) is 0 Å². The van der Waals surface area contributed by atoms with Crippen molar-refractivity contribution >= 4 is 0 Å². The second-order valence-corrected chi connectivity index (χ2v) is 7.41.